The van der Waals surface area contributed by atoms with E-state index in [4.69, 9.17) is 9.47 Å². The first-order valence-electron chi connectivity index (χ1n) is 6.64. The van der Waals surface area contributed by atoms with Crippen molar-refractivity contribution < 1.29 is 18.7 Å². The molecular formula is C16H17FN2O3. The molecule has 6 heteroatoms. The monoisotopic (exact) mass is 304 g/mol. The zero-order chi connectivity index (χ0) is 15.9. The average molecular weight is 304 g/mol. The molecule has 0 saturated carbocycles. The minimum absolute atomic E-state index is 0.132. The van der Waals surface area contributed by atoms with Crippen LogP contribution in [0.5, 0.6) is 11.5 Å². The van der Waals surface area contributed by atoms with Gasteiger partial charge in [0, 0.05) is 6.54 Å². The second-order valence-corrected chi connectivity index (χ2v) is 4.48. The molecule has 5 nitrogen and oxygen atoms in total. The van der Waals surface area contributed by atoms with Crippen molar-refractivity contribution in [1.82, 2.24) is 5.32 Å². The lowest BCUT2D eigenvalue weighted by molar-refractivity contribution is 0.251. The van der Waals surface area contributed by atoms with E-state index < -0.39 is 11.8 Å². The second-order valence-electron chi connectivity index (χ2n) is 4.48. The van der Waals surface area contributed by atoms with Gasteiger partial charge in [-0.1, -0.05) is 18.2 Å². The van der Waals surface area contributed by atoms with Gasteiger partial charge in [-0.3, -0.25) is 0 Å². The number of urea groups is 1. The molecule has 0 aromatic heterocycles. The maximum atomic E-state index is 13.4. The summed E-state index contributed by atoms with van der Waals surface area (Å²) in [6.45, 7) is 0.278. The number of methoxy groups -OCH3 is 2. The lowest BCUT2D eigenvalue weighted by Crippen LogP contribution is -2.28. The molecule has 22 heavy (non-hydrogen) atoms. The van der Waals surface area contributed by atoms with Gasteiger partial charge in [-0.15, -0.1) is 0 Å². The van der Waals surface area contributed by atoms with Gasteiger partial charge in [0.15, 0.2) is 11.5 Å². The summed E-state index contributed by atoms with van der Waals surface area (Å²) in [4.78, 5) is 11.8. The van der Waals surface area contributed by atoms with Crippen molar-refractivity contribution in [2.45, 2.75) is 6.54 Å². The second kappa shape index (κ2) is 7.31. The standard InChI is InChI=1S/C16H17FN2O3/c1-21-14-8-7-11(9-15(14)22-2)10-18-16(20)19-13-6-4-3-5-12(13)17/h3-9H,10H2,1-2H3,(H2,18,19,20). The number of para-hydroxylation sites is 1. The van der Waals surface area contributed by atoms with Gasteiger partial charge in [0.1, 0.15) is 5.82 Å². The highest BCUT2D eigenvalue weighted by Gasteiger charge is 2.07. The average Bonchev–Trinajstić information content (AvgIpc) is 2.54. The van der Waals surface area contributed by atoms with Crippen LogP contribution in [0.25, 0.3) is 0 Å². The number of halogens is 1. The summed E-state index contributed by atoms with van der Waals surface area (Å²) in [5, 5.41) is 5.10. The number of hydrogen-bond donors (Lipinski definition) is 2. The Labute approximate surface area is 128 Å². The van der Waals surface area contributed by atoms with Crippen LogP contribution in [0.3, 0.4) is 0 Å². The molecule has 0 aliphatic rings. The predicted octanol–water partition coefficient (Wildman–Crippen LogP) is 3.16. The fourth-order valence-corrected chi connectivity index (χ4v) is 1.90. The highest BCUT2D eigenvalue weighted by atomic mass is 19.1. The Kier molecular flexibility index (Phi) is 5.19. The topological polar surface area (TPSA) is 59.6 Å². The van der Waals surface area contributed by atoms with Crippen LogP contribution < -0.4 is 20.1 Å². The van der Waals surface area contributed by atoms with Gasteiger partial charge >= 0.3 is 6.03 Å². The maximum Gasteiger partial charge on any atom is 0.319 e. The molecule has 0 heterocycles. The highest BCUT2D eigenvalue weighted by Crippen LogP contribution is 2.27. The third-order valence-electron chi connectivity index (χ3n) is 3.02. The van der Waals surface area contributed by atoms with Crippen molar-refractivity contribution in [3.8, 4) is 11.5 Å². The molecule has 0 saturated heterocycles. The van der Waals surface area contributed by atoms with Crippen LogP contribution in [0.15, 0.2) is 42.5 Å². The van der Waals surface area contributed by atoms with Gasteiger partial charge in [-0.2, -0.15) is 0 Å². The number of benzene rings is 2. The SMILES string of the molecule is COc1ccc(CNC(=O)Nc2ccccc2F)cc1OC. The molecule has 0 radical (unpaired) electrons. The Morgan fingerprint density at radius 3 is 2.50 bits per heavy atom. The van der Waals surface area contributed by atoms with E-state index in [1.165, 1.54) is 12.1 Å². The van der Waals surface area contributed by atoms with Gasteiger partial charge in [-0.05, 0) is 29.8 Å². The summed E-state index contributed by atoms with van der Waals surface area (Å²) in [5.74, 6) is 0.710. The number of carbonyl (C=O) groups excluding carboxylic acids is 1. The molecule has 2 aromatic rings. The Morgan fingerprint density at radius 1 is 1.09 bits per heavy atom. The van der Waals surface area contributed by atoms with E-state index in [9.17, 15) is 9.18 Å². The largest absolute Gasteiger partial charge is 0.493 e. The van der Waals surface area contributed by atoms with Crippen LogP contribution in [-0.2, 0) is 6.54 Å². The van der Waals surface area contributed by atoms with Crippen LogP contribution >= 0.6 is 0 Å². The molecule has 116 valence electrons. The number of hydrogen-bond acceptors (Lipinski definition) is 3. The number of nitrogens with one attached hydrogen (secondary N) is 2. The van der Waals surface area contributed by atoms with E-state index >= 15 is 0 Å². The third-order valence-corrected chi connectivity index (χ3v) is 3.02. The van der Waals surface area contributed by atoms with Crippen molar-refractivity contribution in [3.63, 3.8) is 0 Å². The molecule has 0 bridgehead atoms. The van der Waals surface area contributed by atoms with Gasteiger partial charge in [0.05, 0.1) is 19.9 Å². The number of ether oxygens (including phenoxy) is 2. The molecule has 0 atom stereocenters. The Morgan fingerprint density at radius 2 is 1.82 bits per heavy atom. The first-order chi connectivity index (χ1) is 10.6. The van der Waals surface area contributed by atoms with Crippen molar-refractivity contribution in [1.29, 1.82) is 0 Å². The fraction of sp³-hybridized carbons (Fsp3) is 0.188. The lowest BCUT2D eigenvalue weighted by atomic mass is 10.2. The summed E-state index contributed by atoms with van der Waals surface area (Å²) >= 11 is 0. The van der Waals surface area contributed by atoms with E-state index in [-0.39, 0.29) is 12.2 Å². The smallest absolute Gasteiger partial charge is 0.319 e. The number of anilines is 1. The van der Waals surface area contributed by atoms with Gasteiger partial charge in [0.25, 0.3) is 0 Å². The van der Waals surface area contributed by atoms with Crippen molar-refractivity contribution >= 4 is 11.7 Å². The van der Waals surface area contributed by atoms with Crippen molar-refractivity contribution in [2.24, 2.45) is 0 Å². The van der Waals surface area contributed by atoms with Crippen molar-refractivity contribution in [2.75, 3.05) is 19.5 Å². The molecule has 2 amide bonds. The molecule has 0 aliphatic heterocycles. The first kappa shape index (κ1) is 15.6. The zero-order valence-electron chi connectivity index (χ0n) is 12.4. The number of carbonyl (C=O) groups is 1. The molecule has 0 aliphatic carbocycles. The predicted molar refractivity (Wildman–Crippen MR) is 81.8 cm³/mol. The third kappa shape index (κ3) is 3.88. The first-order valence-corrected chi connectivity index (χ1v) is 6.64. The number of rotatable bonds is 5. The van der Waals surface area contributed by atoms with Crippen LogP contribution in [0.2, 0.25) is 0 Å². The van der Waals surface area contributed by atoms with E-state index in [1.54, 1.807) is 38.5 Å². The Hall–Kier alpha value is -2.76. The number of amides is 2. The normalized spacial score (nSPS) is 9.95. The molecule has 2 aromatic carbocycles. The summed E-state index contributed by atoms with van der Waals surface area (Å²) in [5.41, 5.74) is 0.966. The Balaban J connectivity index is 1.95. The molecule has 2 N–H and O–H groups in total. The summed E-state index contributed by atoms with van der Waals surface area (Å²) in [7, 11) is 3.09. The minimum Gasteiger partial charge on any atom is -0.493 e. The fourth-order valence-electron chi connectivity index (χ4n) is 1.90. The summed E-state index contributed by atoms with van der Waals surface area (Å²) < 4.78 is 23.8. The van der Waals surface area contributed by atoms with Gasteiger partial charge in [-0.25, -0.2) is 9.18 Å². The van der Waals surface area contributed by atoms with Gasteiger partial charge in [0.2, 0.25) is 0 Å². The maximum absolute atomic E-state index is 13.4. The van der Waals surface area contributed by atoms with Crippen LogP contribution in [-0.4, -0.2) is 20.3 Å². The minimum atomic E-state index is -0.486. The van der Waals surface area contributed by atoms with Crippen LogP contribution in [0.4, 0.5) is 14.9 Å². The van der Waals surface area contributed by atoms with Crippen molar-refractivity contribution in [3.05, 3.63) is 53.8 Å². The highest BCUT2D eigenvalue weighted by molar-refractivity contribution is 5.89. The lowest BCUT2D eigenvalue weighted by Gasteiger charge is -2.11. The van der Waals surface area contributed by atoms with E-state index in [0.29, 0.717) is 11.5 Å². The Bertz CT molecular complexity index is 662. The van der Waals surface area contributed by atoms with E-state index in [1.807, 2.05) is 6.07 Å². The van der Waals surface area contributed by atoms with Crippen LogP contribution in [0, 0.1) is 5.82 Å². The van der Waals surface area contributed by atoms with E-state index in [0.717, 1.165) is 5.56 Å². The molecule has 0 fully saturated rings. The van der Waals surface area contributed by atoms with Crippen LogP contribution in [0.1, 0.15) is 5.56 Å². The molecular weight excluding hydrogens is 287 g/mol. The molecule has 2 rings (SSSR count). The quantitative estimate of drug-likeness (QED) is 0.892. The zero-order valence-corrected chi connectivity index (χ0v) is 12.4. The molecule has 0 spiro atoms. The van der Waals surface area contributed by atoms with Gasteiger partial charge < -0.3 is 20.1 Å². The van der Waals surface area contributed by atoms with E-state index in [2.05, 4.69) is 10.6 Å². The summed E-state index contributed by atoms with van der Waals surface area (Å²) in [6, 6.07) is 10.8. The molecule has 0 unspecified atom stereocenters. The summed E-state index contributed by atoms with van der Waals surface area (Å²) in [6.07, 6.45) is 0.